The van der Waals surface area contributed by atoms with Gasteiger partial charge in [0.1, 0.15) is 29.1 Å². The highest BCUT2D eigenvalue weighted by molar-refractivity contribution is 6.02. The monoisotopic (exact) mass is 638 g/mol. The van der Waals surface area contributed by atoms with Crippen molar-refractivity contribution in [3.63, 3.8) is 0 Å². The van der Waals surface area contributed by atoms with Crippen molar-refractivity contribution >= 4 is 23.3 Å². The van der Waals surface area contributed by atoms with Crippen molar-refractivity contribution in [1.82, 2.24) is 9.80 Å². The number of urea groups is 1. The van der Waals surface area contributed by atoms with Crippen LogP contribution >= 0.6 is 0 Å². The van der Waals surface area contributed by atoms with Crippen molar-refractivity contribution < 1.29 is 28.9 Å². The molecule has 10 nitrogen and oxygen atoms in total. The first-order valence-electron chi connectivity index (χ1n) is 15.7. The minimum absolute atomic E-state index is 0.0294. The van der Waals surface area contributed by atoms with Crippen molar-refractivity contribution in [2.75, 3.05) is 44.5 Å². The van der Waals surface area contributed by atoms with E-state index in [2.05, 4.69) is 34.6 Å². The van der Waals surface area contributed by atoms with Crippen LogP contribution in [0.1, 0.15) is 29.8 Å². The molecule has 1 aliphatic heterocycles. The highest BCUT2D eigenvalue weighted by Gasteiger charge is 2.33. The van der Waals surface area contributed by atoms with Crippen LogP contribution in [-0.4, -0.2) is 72.8 Å². The van der Waals surface area contributed by atoms with Crippen molar-refractivity contribution in [3.8, 4) is 23.0 Å². The third kappa shape index (κ3) is 8.81. The lowest BCUT2D eigenvalue weighted by Gasteiger charge is -2.38. The van der Waals surface area contributed by atoms with Gasteiger partial charge in [0.05, 0.1) is 25.3 Å². The second-order valence-corrected chi connectivity index (χ2v) is 11.9. The smallest absolute Gasteiger partial charge is 0.323 e. The van der Waals surface area contributed by atoms with E-state index in [0.717, 1.165) is 17.1 Å². The Hall–Kier alpha value is -5.06. The predicted octanol–water partition coefficient (Wildman–Crippen LogP) is 6.48. The van der Waals surface area contributed by atoms with Crippen LogP contribution in [0.25, 0.3) is 0 Å². The van der Waals surface area contributed by atoms with Crippen LogP contribution in [0.2, 0.25) is 0 Å². The summed E-state index contributed by atoms with van der Waals surface area (Å²) in [5.74, 6) is 2.37. The third-order valence-electron chi connectivity index (χ3n) is 8.12. The van der Waals surface area contributed by atoms with Gasteiger partial charge in [-0.3, -0.25) is 9.69 Å². The number of fused-ring (bicyclic) bond motifs is 1. The Morgan fingerprint density at radius 2 is 1.60 bits per heavy atom. The number of benzene rings is 4. The number of amides is 3. The third-order valence-corrected chi connectivity index (χ3v) is 8.12. The van der Waals surface area contributed by atoms with Gasteiger partial charge in [-0.15, -0.1) is 0 Å². The molecule has 0 aromatic heterocycles. The lowest BCUT2D eigenvalue weighted by atomic mass is 9.99. The SMILES string of the molecule is COc1ccc(NC(=O)Nc2ccc3c(c2)C(=O)N([C@H](C)CO)C[C@@H](C)[C@H](CN(C)Cc2ccc(Oc4ccccc4)cc2)O3)cc1. The average molecular weight is 639 g/mol. The average Bonchev–Trinajstić information content (AvgIpc) is 3.08. The van der Waals surface area contributed by atoms with E-state index in [0.29, 0.717) is 48.1 Å². The minimum Gasteiger partial charge on any atom is -0.497 e. The number of nitrogens with one attached hydrogen (secondary N) is 2. The molecule has 1 heterocycles. The fraction of sp³-hybridized carbons (Fsp3) is 0.297. The molecular weight excluding hydrogens is 596 g/mol. The Bertz CT molecular complexity index is 1630. The lowest BCUT2D eigenvalue weighted by Crippen LogP contribution is -2.49. The van der Waals surface area contributed by atoms with Crippen molar-refractivity contribution in [3.05, 3.63) is 108 Å². The van der Waals surface area contributed by atoms with Gasteiger partial charge in [0.15, 0.2) is 0 Å². The maximum atomic E-state index is 13.8. The van der Waals surface area contributed by atoms with E-state index >= 15 is 0 Å². The van der Waals surface area contributed by atoms with Gasteiger partial charge in [-0.2, -0.15) is 0 Å². The first kappa shape index (κ1) is 33.3. The number of carbonyl (C=O) groups excluding carboxylic acids is 2. The van der Waals surface area contributed by atoms with E-state index in [4.69, 9.17) is 14.2 Å². The molecule has 0 aliphatic carbocycles. The number of aliphatic hydroxyl groups excluding tert-OH is 1. The zero-order chi connectivity index (χ0) is 33.3. The summed E-state index contributed by atoms with van der Waals surface area (Å²) in [7, 11) is 3.62. The maximum absolute atomic E-state index is 13.8. The summed E-state index contributed by atoms with van der Waals surface area (Å²) in [5.41, 5.74) is 2.47. The molecule has 5 rings (SSSR count). The molecule has 47 heavy (non-hydrogen) atoms. The summed E-state index contributed by atoms with van der Waals surface area (Å²) in [5, 5.41) is 15.6. The minimum atomic E-state index is -0.456. The van der Waals surface area contributed by atoms with Crippen molar-refractivity contribution in [2.24, 2.45) is 5.92 Å². The second kappa shape index (κ2) is 15.5. The largest absolute Gasteiger partial charge is 0.497 e. The molecule has 3 N–H and O–H groups in total. The number of rotatable bonds is 11. The zero-order valence-corrected chi connectivity index (χ0v) is 27.2. The van der Waals surface area contributed by atoms with E-state index in [9.17, 15) is 14.7 Å². The molecular formula is C37H42N4O6. The number of hydrogen-bond acceptors (Lipinski definition) is 7. The fourth-order valence-corrected chi connectivity index (χ4v) is 5.46. The second-order valence-electron chi connectivity index (χ2n) is 11.9. The Balaban J connectivity index is 1.29. The fourth-order valence-electron chi connectivity index (χ4n) is 5.46. The summed E-state index contributed by atoms with van der Waals surface area (Å²) in [4.78, 5) is 30.5. The maximum Gasteiger partial charge on any atom is 0.323 e. The van der Waals surface area contributed by atoms with Gasteiger partial charge >= 0.3 is 6.03 Å². The van der Waals surface area contributed by atoms with E-state index in [1.165, 1.54) is 0 Å². The van der Waals surface area contributed by atoms with Crippen LogP contribution < -0.4 is 24.8 Å². The highest BCUT2D eigenvalue weighted by atomic mass is 16.5. The van der Waals surface area contributed by atoms with E-state index in [-0.39, 0.29) is 24.5 Å². The summed E-state index contributed by atoms with van der Waals surface area (Å²) >= 11 is 0. The van der Waals surface area contributed by atoms with Crippen LogP contribution in [0.4, 0.5) is 16.2 Å². The molecule has 0 unspecified atom stereocenters. The molecule has 4 aromatic carbocycles. The normalized spacial score (nSPS) is 16.7. The Morgan fingerprint density at radius 3 is 2.28 bits per heavy atom. The first-order valence-corrected chi connectivity index (χ1v) is 15.7. The molecule has 0 bridgehead atoms. The molecule has 0 fully saturated rings. The number of anilines is 2. The van der Waals surface area contributed by atoms with Gasteiger partial charge in [0, 0.05) is 36.9 Å². The Kier molecular flexibility index (Phi) is 11.0. The molecule has 0 radical (unpaired) electrons. The number of ether oxygens (including phenoxy) is 3. The molecule has 3 amide bonds. The lowest BCUT2D eigenvalue weighted by molar-refractivity contribution is 0.0341. The number of carbonyl (C=O) groups is 2. The van der Waals surface area contributed by atoms with E-state index < -0.39 is 12.1 Å². The number of hydrogen-bond donors (Lipinski definition) is 3. The number of nitrogens with zero attached hydrogens (tertiary/aromatic N) is 2. The Morgan fingerprint density at radius 1 is 0.957 bits per heavy atom. The number of methoxy groups -OCH3 is 1. The molecule has 4 aromatic rings. The molecule has 246 valence electrons. The van der Waals surface area contributed by atoms with Crippen molar-refractivity contribution in [2.45, 2.75) is 32.5 Å². The zero-order valence-electron chi connectivity index (χ0n) is 27.2. The Labute approximate surface area is 275 Å². The quantitative estimate of drug-likeness (QED) is 0.172. The van der Waals surface area contributed by atoms with Gasteiger partial charge in [-0.25, -0.2) is 4.79 Å². The van der Waals surface area contributed by atoms with Crippen LogP contribution in [0.3, 0.4) is 0 Å². The topological polar surface area (TPSA) is 113 Å². The van der Waals surface area contributed by atoms with Gasteiger partial charge in [0.25, 0.3) is 5.91 Å². The van der Waals surface area contributed by atoms with Crippen molar-refractivity contribution in [1.29, 1.82) is 0 Å². The van der Waals surface area contributed by atoms with E-state index in [1.54, 1.807) is 54.5 Å². The molecule has 0 spiro atoms. The van der Waals surface area contributed by atoms with Gasteiger partial charge in [0.2, 0.25) is 0 Å². The van der Waals surface area contributed by atoms with Crippen LogP contribution in [0, 0.1) is 5.92 Å². The van der Waals surface area contributed by atoms with Gasteiger partial charge in [-0.1, -0.05) is 37.3 Å². The molecule has 10 heteroatoms. The summed E-state index contributed by atoms with van der Waals surface area (Å²) in [6.07, 6.45) is -0.252. The number of aliphatic hydroxyl groups is 1. The number of para-hydroxylation sites is 1. The highest BCUT2D eigenvalue weighted by Crippen LogP contribution is 2.31. The standard InChI is InChI=1S/C37H42N4O6/c1-25-21-41(26(2)24-42)36(43)33-20-29(39-37(44)38-28-12-17-30(45-4)18-13-28)14-19-34(33)47-35(25)23-40(3)22-27-10-15-32(16-11-27)46-31-8-6-5-7-9-31/h5-20,25-26,35,42H,21-24H2,1-4H3,(H2,38,39,44)/t25-,26-,35+/m1/s1. The molecule has 3 atom stereocenters. The predicted molar refractivity (Wildman–Crippen MR) is 183 cm³/mol. The first-order chi connectivity index (χ1) is 22.7. The van der Waals surface area contributed by atoms with Crippen LogP contribution in [0.5, 0.6) is 23.0 Å². The van der Waals surface area contributed by atoms with E-state index in [1.807, 2.05) is 56.4 Å². The van der Waals surface area contributed by atoms with Crippen LogP contribution in [0.15, 0.2) is 97.1 Å². The molecule has 0 saturated heterocycles. The summed E-state index contributed by atoms with van der Waals surface area (Å²) in [6.45, 7) is 5.40. The molecule has 1 aliphatic rings. The van der Waals surface area contributed by atoms with Gasteiger partial charge < -0.3 is 34.9 Å². The van der Waals surface area contributed by atoms with Gasteiger partial charge in [-0.05, 0) is 86.3 Å². The van der Waals surface area contributed by atoms with Crippen LogP contribution in [-0.2, 0) is 6.54 Å². The number of likely N-dealkylation sites (N-methyl/N-ethyl adjacent to an activating group) is 1. The molecule has 0 saturated carbocycles. The summed E-state index contributed by atoms with van der Waals surface area (Å²) in [6, 6.07) is 28.9. The summed E-state index contributed by atoms with van der Waals surface area (Å²) < 4.78 is 17.6.